The first-order valence-corrected chi connectivity index (χ1v) is 7.03. The lowest BCUT2D eigenvalue weighted by molar-refractivity contribution is -0.145. The fourth-order valence-corrected chi connectivity index (χ4v) is 1.96. The summed E-state index contributed by atoms with van der Waals surface area (Å²) in [7, 11) is 0. The van der Waals surface area contributed by atoms with Crippen molar-refractivity contribution in [2.75, 3.05) is 0 Å². The van der Waals surface area contributed by atoms with E-state index in [1.807, 2.05) is 18.2 Å². The standard InChI is InChI=1S/C15H21ClO2/c1-2-3-11-14(16)18-15(17)12-7-10-13-8-5-4-6-9-13/h4-6,8-9,14H,2-3,7,10-12H2,1H3. The zero-order valence-corrected chi connectivity index (χ0v) is 11.7. The summed E-state index contributed by atoms with van der Waals surface area (Å²) >= 11 is 5.91. The van der Waals surface area contributed by atoms with Gasteiger partial charge < -0.3 is 4.74 Å². The zero-order valence-electron chi connectivity index (χ0n) is 10.9. The van der Waals surface area contributed by atoms with Crippen LogP contribution >= 0.6 is 11.6 Å². The molecule has 1 rings (SSSR count). The van der Waals surface area contributed by atoms with Crippen molar-refractivity contribution in [3.05, 3.63) is 35.9 Å². The second-order valence-electron chi connectivity index (χ2n) is 4.38. The number of unbranched alkanes of at least 4 members (excludes halogenated alkanes) is 1. The first-order valence-electron chi connectivity index (χ1n) is 6.60. The van der Waals surface area contributed by atoms with Crippen molar-refractivity contribution in [3.63, 3.8) is 0 Å². The molecule has 1 aromatic rings. The Morgan fingerprint density at radius 2 is 2.00 bits per heavy atom. The van der Waals surface area contributed by atoms with Crippen LogP contribution in [-0.2, 0) is 16.0 Å². The van der Waals surface area contributed by atoms with Crippen LogP contribution in [0, 0.1) is 0 Å². The number of halogens is 1. The van der Waals surface area contributed by atoms with Gasteiger partial charge in [-0.2, -0.15) is 0 Å². The lowest BCUT2D eigenvalue weighted by Crippen LogP contribution is -2.12. The van der Waals surface area contributed by atoms with Crippen LogP contribution in [0.1, 0.15) is 44.6 Å². The third kappa shape index (κ3) is 6.65. The maximum absolute atomic E-state index is 11.5. The Morgan fingerprint density at radius 3 is 2.67 bits per heavy atom. The molecule has 2 nitrogen and oxygen atoms in total. The van der Waals surface area contributed by atoms with Crippen LogP contribution in [-0.4, -0.2) is 11.5 Å². The van der Waals surface area contributed by atoms with E-state index in [1.54, 1.807) is 0 Å². The second kappa shape index (κ2) is 8.98. The number of hydrogen-bond acceptors (Lipinski definition) is 2. The molecule has 0 heterocycles. The molecule has 0 aliphatic rings. The van der Waals surface area contributed by atoms with Gasteiger partial charge in [0.15, 0.2) is 5.56 Å². The predicted molar refractivity (Wildman–Crippen MR) is 74.6 cm³/mol. The van der Waals surface area contributed by atoms with Crippen LogP contribution in [0.5, 0.6) is 0 Å². The maximum Gasteiger partial charge on any atom is 0.307 e. The molecular weight excluding hydrogens is 248 g/mol. The molecule has 0 saturated heterocycles. The average Bonchev–Trinajstić information content (AvgIpc) is 2.37. The SMILES string of the molecule is CCCCC(Cl)OC(=O)CCCc1ccccc1. The maximum atomic E-state index is 11.5. The number of rotatable bonds is 8. The Labute approximate surface area is 114 Å². The van der Waals surface area contributed by atoms with Crippen molar-refractivity contribution >= 4 is 17.6 Å². The van der Waals surface area contributed by atoms with E-state index in [1.165, 1.54) is 5.56 Å². The predicted octanol–water partition coefficient (Wildman–Crippen LogP) is 4.31. The Hall–Kier alpha value is -1.02. The van der Waals surface area contributed by atoms with Crippen LogP contribution in [0.25, 0.3) is 0 Å². The van der Waals surface area contributed by atoms with Gasteiger partial charge in [-0.1, -0.05) is 55.3 Å². The Bertz CT molecular complexity index is 338. The fraction of sp³-hybridized carbons (Fsp3) is 0.533. The monoisotopic (exact) mass is 268 g/mol. The van der Waals surface area contributed by atoms with Gasteiger partial charge in [-0.05, 0) is 31.2 Å². The summed E-state index contributed by atoms with van der Waals surface area (Å²) < 4.78 is 5.12. The number of benzene rings is 1. The van der Waals surface area contributed by atoms with E-state index >= 15 is 0 Å². The molecule has 1 atom stereocenters. The van der Waals surface area contributed by atoms with Gasteiger partial charge in [-0.15, -0.1) is 0 Å². The lowest BCUT2D eigenvalue weighted by Gasteiger charge is -2.10. The van der Waals surface area contributed by atoms with Crippen LogP contribution < -0.4 is 0 Å². The number of esters is 1. The third-order valence-electron chi connectivity index (χ3n) is 2.73. The van der Waals surface area contributed by atoms with Gasteiger partial charge in [0, 0.05) is 6.42 Å². The van der Waals surface area contributed by atoms with E-state index < -0.39 is 5.56 Å². The van der Waals surface area contributed by atoms with Gasteiger partial charge in [0.1, 0.15) is 0 Å². The quantitative estimate of drug-likeness (QED) is 0.519. The minimum Gasteiger partial charge on any atom is -0.446 e. The second-order valence-corrected chi connectivity index (χ2v) is 4.87. The zero-order chi connectivity index (χ0) is 13.2. The van der Waals surface area contributed by atoms with Gasteiger partial charge in [0.05, 0.1) is 0 Å². The van der Waals surface area contributed by atoms with Crippen molar-refractivity contribution in [1.29, 1.82) is 0 Å². The highest BCUT2D eigenvalue weighted by Crippen LogP contribution is 2.11. The van der Waals surface area contributed by atoms with E-state index in [-0.39, 0.29) is 5.97 Å². The number of alkyl halides is 1. The highest BCUT2D eigenvalue weighted by atomic mass is 35.5. The van der Waals surface area contributed by atoms with Crippen LogP contribution in [0.2, 0.25) is 0 Å². The molecule has 0 saturated carbocycles. The van der Waals surface area contributed by atoms with E-state index in [0.29, 0.717) is 6.42 Å². The van der Waals surface area contributed by atoms with Crippen molar-refractivity contribution in [2.24, 2.45) is 0 Å². The van der Waals surface area contributed by atoms with E-state index in [2.05, 4.69) is 19.1 Å². The van der Waals surface area contributed by atoms with Gasteiger partial charge in [0.25, 0.3) is 0 Å². The molecule has 0 aromatic heterocycles. The summed E-state index contributed by atoms with van der Waals surface area (Å²) in [4.78, 5) is 11.5. The van der Waals surface area contributed by atoms with Crippen LogP contribution in [0.3, 0.4) is 0 Å². The summed E-state index contributed by atoms with van der Waals surface area (Å²) in [5.74, 6) is -0.193. The van der Waals surface area contributed by atoms with Crippen molar-refractivity contribution in [3.8, 4) is 0 Å². The number of aryl methyl sites for hydroxylation is 1. The molecule has 0 aliphatic heterocycles. The number of carbonyl (C=O) groups excluding carboxylic acids is 1. The molecule has 1 aromatic carbocycles. The minimum absolute atomic E-state index is 0.193. The van der Waals surface area contributed by atoms with E-state index in [0.717, 1.165) is 32.1 Å². The van der Waals surface area contributed by atoms with Gasteiger partial charge >= 0.3 is 5.97 Å². The Morgan fingerprint density at radius 1 is 1.28 bits per heavy atom. The van der Waals surface area contributed by atoms with Gasteiger partial charge in [-0.3, -0.25) is 4.79 Å². The summed E-state index contributed by atoms with van der Waals surface area (Å²) in [5, 5.41) is 0. The van der Waals surface area contributed by atoms with Gasteiger partial charge in [-0.25, -0.2) is 0 Å². The van der Waals surface area contributed by atoms with Crippen molar-refractivity contribution in [2.45, 2.75) is 51.0 Å². The molecule has 0 amide bonds. The molecule has 0 fully saturated rings. The number of ether oxygens (including phenoxy) is 1. The first kappa shape index (κ1) is 15.0. The topological polar surface area (TPSA) is 26.3 Å². The van der Waals surface area contributed by atoms with Crippen molar-refractivity contribution in [1.82, 2.24) is 0 Å². The largest absolute Gasteiger partial charge is 0.446 e. The first-order chi connectivity index (χ1) is 8.72. The highest BCUT2D eigenvalue weighted by molar-refractivity contribution is 6.20. The molecule has 1 unspecified atom stereocenters. The third-order valence-corrected chi connectivity index (χ3v) is 3.04. The molecular formula is C15H21ClO2. The fourth-order valence-electron chi connectivity index (χ4n) is 1.71. The Balaban J connectivity index is 2.13. The summed E-state index contributed by atoms with van der Waals surface area (Å²) in [6, 6.07) is 10.1. The average molecular weight is 269 g/mol. The molecule has 18 heavy (non-hydrogen) atoms. The van der Waals surface area contributed by atoms with Crippen LogP contribution in [0.15, 0.2) is 30.3 Å². The smallest absolute Gasteiger partial charge is 0.307 e. The summed E-state index contributed by atoms with van der Waals surface area (Å²) in [6.45, 7) is 2.09. The van der Waals surface area contributed by atoms with E-state index in [4.69, 9.17) is 16.3 Å². The molecule has 0 N–H and O–H groups in total. The molecule has 0 bridgehead atoms. The van der Waals surface area contributed by atoms with Crippen LogP contribution in [0.4, 0.5) is 0 Å². The van der Waals surface area contributed by atoms with E-state index in [9.17, 15) is 4.79 Å². The molecule has 0 spiro atoms. The minimum atomic E-state index is -0.464. The summed E-state index contributed by atoms with van der Waals surface area (Å²) in [5.41, 5.74) is 0.785. The lowest BCUT2D eigenvalue weighted by atomic mass is 10.1. The molecule has 3 heteroatoms. The van der Waals surface area contributed by atoms with Gasteiger partial charge in [0.2, 0.25) is 0 Å². The normalized spacial score (nSPS) is 12.1. The summed E-state index contributed by atoms with van der Waals surface area (Å²) in [6.07, 6.45) is 4.94. The van der Waals surface area contributed by atoms with Crippen molar-refractivity contribution < 1.29 is 9.53 Å². The molecule has 0 radical (unpaired) electrons. The molecule has 100 valence electrons. The number of hydrogen-bond donors (Lipinski definition) is 0. The molecule has 0 aliphatic carbocycles. The number of carbonyl (C=O) groups is 1. The Kier molecular flexibility index (Phi) is 7.51. The highest BCUT2D eigenvalue weighted by Gasteiger charge is 2.10.